The van der Waals surface area contributed by atoms with Gasteiger partial charge < -0.3 is 0 Å². The maximum Gasteiger partial charge on any atom is 0.218 e. The summed E-state index contributed by atoms with van der Waals surface area (Å²) in [4.78, 5) is 10.7. The zero-order chi connectivity index (χ0) is 8.81. The first-order valence-electron chi connectivity index (χ1n) is 4.99. The first-order chi connectivity index (χ1) is 5.79. The molecule has 1 nitrogen and oxygen atoms in total. The van der Waals surface area contributed by atoms with E-state index in [4.69, 9.17) is 0 Å². The Morgan fingerprint density at radius 3 is 2.08 bits per heavy atom. The van der Waals surface area contributed by atoms with Crippen LogP contribution >= 0.6 is 12.6 Å². The molecule has 0 atom stereocenters. The van der Waals surface area contributed by atoms with Crippen LogP contribution in [-0.2, 0) is 4.79 Å². The molecule has 2 heteroatoms. The maximum absolute atomic E-state index is 10.7. The summed E-state index contributed by atoms with van der Waals surface area (Å²) < 4.78 is 0. The van der Waals surface area contributed by atoms with Gasteiger partial charge in [-0.25, -0.2) is 0 Å². The predicted octanol–water partition coefficient (Wildman–Crippen LogP) is 3.46. The lowest BCUT2D eigenvalue weighted by molar-refractivity contribution is -0.111. The molecule has 0 N–H and O–H groups in total. The van der Waals surface area contributed by atoms with E-state index in [0.29, 0.717) is 12.3 Å². The summed E-state index contributed by atoms with van der Waals surface area (Å²) in [5.74, 6) is 0.607. The molecular formula is C10H17OS. The van der Waals surface area contributed by atoms with E-state index in [1.807, 2.05) is 0 Å². The lowest BCUT2D eigenvalue weighted by Gasteiger charge is -2.17. The molecule has 0 spiro atoms. The minimum absolute atomic E-state index is 0.0411. The highest BCUT2D eigenvalue weighted by Crippen LogP contribution is 2.25. The fraction of sp³-hybridized carbons (Fsp3) is 0.900. The topological polar surface area (TPSA) is 17.1 Å². The van der Waals surface area contributed by atoms with Gasteiger partial charge in [-0.2, -0.15) is 0 Å². The molecule has 69 valence electrons. The second kappa shape index (κ2) is 5.52. The summed E-state index contributed by atoms with van der Waals surface area (Å²) in [7, 11) is 0. The summed E-state index contributed by atoms with van der Waals surface area (Å²) in [5, 5.41) is -0.0411. The second-order valence-electron chi connectivity index (χ2n) is 3.79. The van der Waals surface area contributed by atoms with E-state index in [-0.39, 0.29) is 5.12 Å². The first-order valence-corrected chi connectivity index (χ1v) is 5.39. The van der Waals surface area contributed by atoms with E-state index < -0.39 is 0 Å². The van der Waals surface area contributed by atoms with E-state index in [0.717, 1.165) is 0 Å². The molecular weight excluding hydrogens is 168 g/mol. The Kier molecular flexibility index (Phi) is 4.59. The molecule has 12 heavy (non-hydrogen) atoms. The Bertz CT molecular complexity index is 137. The Morgan fingerprint density at radius 2 is 1.58 bits per heavy atom. The van der Waals surface area contributed by atoms with Gasteiger partial charge in [0.1, 0.15) is 0 Å². The molecule has 0 saturated heterocycles. The Balaban J connectivity index is 2.24. The van der Waals surface area contributed by atoms with Crippen molar-refractivity contribution in [3.8, 4) is 0 Å². The van der Waals surface area contributed by atoms with Crippen LogP contribution in [0, 0.1) is 5.92 Å². The Morgan fingerprint density at radius 1 is 1.08 bits per heavy atom. The summed E-state index contributed by atoms with van der Waals surface area (Å²) >= 11 is 4.60. The zero-order valence-electron chi connectivity index (χ0n) is 7.55. The zero-order valence-corrected chi connectivity index (χ0v) is 8.37. The van der Waals surface area contributed by atoms with Crippen molar-refractivity contribution < 1.29 is 4.79 Å². The van der Waals surface area contributed by atoms with Crippen molar-refractivity contribution in [1.82, 2.24) is 0 Å². The van der Waals surface area contributed by atoms with Gasteiger partial charge in [-0.3, -0.25) is 4.79 Å². The fourth-order valence-corrected chi connectivity index (χ4v) is 2.22. The van der Waals surface area contributed by atoms with Gasteiger partial charge in [-0.05, 0) is 31.4 Å². The highest BCUT2D eigenvalue weighted by atomic mass is 32.1. The van der Waals surface area contributed by atoms with Crippen molar-refractivity contribution in [3.05, 3.63) is 0 Å². The molecule has 0 bridgehead atoms. The molecule has 0 unspecified atom stereocenters. The van der Waals surface area contributed by atoms with Crippen LogP contribution in [0.5, 0.6) is 0 Å². The molecule has 0 aromatic carbocycles. The molecule has 1 saturated carbocycles. The van der Waals surface area contributed by atoms with Crippen molar-refractivity contribution in [2.75, 3.05) is 0 Å². The largest absolute Gasteiger partial charge is 0.282 e. The summed E-state index contributed by atoms with van der Waals surface area (Å²) in [6.45, 7) is 0. The molecule has 0 amide bonds. The van der Waals surface area contributed by atoms with Gasteiger partial charge in [0, 0.05) is 6.42 Å². The van der Waals surface area contributed by atoms with Crippen LogP contribution in [0.25, 0.3) is 0 Å². The average molecular weight is 185 g/mol. The number of rotatable bonds is 2. The lowest BCUT2D eigenvalue weighted by atomic mass is 9.89. The van der Waals surface area contributed by atoms with Crippen molar-refractivity contribution in [2.24, 2.45) is 5.92 Å². The summed E-state index contributed by atoms with van der Waals surface area (Å²) in [5.41, 5.74) is 0. The van der Waals surface area contributed by atoms with Crippen LogP contribution in [0.1, 0.15) is 51.4 Å². The van der Waals surface area contributed by atoms with Crippen molar-refractivity contribution in [1.29, 1.82) is 0 Å². The normalized spacial score (nSPS) is 21.3. The van der Waals surface area contributed by atoms with Gasteiger partial charge in [-0.15, -0.1) is 0 Å². The predicted molar refractivity (Wildman–Crippen MR) is 53.0 cm³/mol. The van der Waals surface area contributed by atoms with Gasteiger partial charge in [0.25, 0.3) is 0 Å². The number of carbonyl (C=O) groups is 1. The van der Waals surface area contributed by atoms with E-state index >= 15 is 0 Å². The minimum atomic E-state index is -0.0411. The maximum atomic E-state index is 10.7. The molecule has 1 rings (SSSR count). The molecule has 0 aromatic heterocycles. The van der Waals surface area contributed by atoms with Crippen LogP contribution in [0.3, 0.4) is 0 Å². The van der Waals surface area contributed by atoms with Crippen LogP contribution in [0.15, 0.2) is 0 Å². The Labute approximate surface area is 80.3 Å². The summed E-state index contributed by atoms with van der Waals surface area (Å²) in [6.07, 6.45) is 9.78. The quantitative estimate of drug-likeness (QED) is 0.644. The van der Waals surface area contributed by atoms with Crippen LogP contribution in [0.4, 0.5) is 0 Å². The van der Waals surface area contributed by atoms with Gasteiger partial charge >= 0.3 is 0 Å². The van der Waals surface area contributed by atoms with Crippen molar-refractivity contribution in [3.63, 3.8) is 0 Å². The molecule has 1 radical (unpaired) electrons. The molecule has 0 heterocycles. The number of hydrogen-bond acceptors (Lipinski definition) is 1. The van der Waals surface area contributed by atoms with Crippen LogP contribution in [-0.4, -0.2) is 5.12 Å². The fourth-order valence-electron chi connectivity index (χ4n) is 1.98. The van der Waals surface area contributed by atoms with Crippen LogP contribution < -0.4 is 0 Å². The lowest BCUT2D eigenvalue weighted by Crippen LogP contribution is -2.06. The third-order valence-electron chi connectivity index (χ3n) is 2.68. The van der Waals surface area contributed by atoms with Crippen molar-refractivity contribution >= 4 is 17.7 Å². The molecule has 1 aliphatic carbocycles. The van der Waals surface area contributed by atoms with Crippen LogP contribution in [0.2, 0.25) is 0 Å². The average Bonchev–Trinajstić information content (AvgIpc) is 1.93. The van der Waals surface area contributed by atoms with E-state index in [1.54, 1.807) is 0 Å². The first kappa shape index (κ1) is 9.97. The third-order valence-corrected chi connectivity index (χ3v) is 2.85. The number of carbonyl (C=O) groups excluding carboxylic acids is 1. The second-order valence-corrected chi connectivity index (χ2v) is 4.24. The van der Waals surface area contributed by atoms with E-state index in [9.17, 15) is 4.79 Å². The minimum Gasteiger partial charge on any atom is -0.282 e. The molecule has 1 aliphatic rings. The smallest absolute Gasteiger partial charge is 0.218 e. The van der Waals surface area contributed by atoms with Crippen molar-refractivity contribution in [2.45, 2.75) is 51.4 Å². The SMILES string of the molecule is O=C([S])CC1CCCCCCC1. The third kappa shape index (κ3) is 4.05. The van der Waals surface area contributed by atoms with Gasteiger partial charge in [0.05, 0.1) is 0 Å². The highest BCUT2D eigenvalue weighted by Gasteiger charge is 2.13. The Hall–Kier alpha value is -0.110. The van der Waals surface area contributed by atoms with E-state index in [1.165, 1.54) is 44.9 Å². The van der Waals surface area contributed by atoms with E-state index in [2.05, 4.69) is 12.6 Å². The molecule has 0 aromatic rings. The van der Waals surface area contributed by atoms with Gasteiger partial charge in [0.2, 0.25) is 5.12 Å². The number of hydrogen-bond donors (Lipinski definition) is 0. The standard InChI is InChI=1S/C10H17OS/c11-10(12)8-9-6-4-2-1-3-5-7-9/h9H,1-8H2. The molecule has 0 aliphatic heterocycles. The van der Waals surface area contributed by atoms with Gasteiger partial charge in [-0.1, -0.05) is 32.1 Å². The highest BCUT2D eigenvalue weighted by molar-refractivity contribution is 7.96. The van der Waals surface area contributed by atoms with Gasteiger partial charge in [0.15, 0.2) is 0 Å². The summed E-state index contributed by atoms with van der Waals surface area (Å²) in [6, 6.07) is 0. The molecule has 1 fully saturated rings. The monoisotopic (exact) mass is 185 g/mol.